The Hall–Kier alpha value is -4.69. The van der Waals surface area contributed by atoms with Crippen LogP contribution in [-0.4, -0.2) is 97.8 Å². The molecule has 1 aromatic carbocycles. The Bertz CT molecular complexity index is 1100. The summed E-state index contributed by atoms with van der Waals surface area (Å²) in [5.74, 6) is -4.49. The Morgan fingerprint density at radius 2 is 1.35 bits per heavy atom. The normalized spacial score (nSPS) is 11.1. The van der Waals surface area contributed by atoms with Gasteiger partial charge in [0.15, 0.2) is 17.5 Å². The van der Waals surface area contributed by atoms with E-state index in [4.69, 9.17) is 51.2 Å². The van der Waals surface area contributed by atoms with Crippen molar-refractivity contribution in [2.75, 3.05) is 40.5 Å². The molecule has 1 amide bonds. The molecule has 0 spiro atoms. The van der Waals surface area contributed by atoms with Gasteiger partial charge in [0, 0.05) is 19.5 Å². The molecule has 0 atom stereocenters. The quantitative estimate of drug-likeness (QED) is 0.0331. The number of carboxylic acids is 2. The predicted octanol–water partition coefficient (Wildman–Crippen LogP) is 2.02. The van der Waals surface area contributed by atoms with E-state index in [1.165, 1.54) is 14.2 Å². The SMILES string of the molecule is COc1cc(C/C(=N\O)C(=O)NCCCCCCN=C(N)N)cc(OC)c1OCCCN.O=C(O)C(F)(F)F.O=C(O)C(F)(F)F. The smallest absolute Gasteiger partial charge is 0.490 e. The number of methoxy groups -OCH3 is 2. The number of halogens is 6. The van der Waals surface area contributed by atoms with Gasteiger partial charge in [0.25, 0.3) is 5.91 Å². The average Bonchev–Trinajstić information content (AvgIpc) is 2.96. The Morgan fingerprint density at radius 3 is 1.74 bits per heavy atom. The van der Waals surface area contributed by atoms with Gasteiger partial charge in [0.05, 0.1) is 20.8 Å². The molecule has 21 heteroatoms. The Balaban J connectivity index is 0. The van der Waals surface area contributed by atoms with Crippen LogP contribution in [0.1, 0.15) is 37.7 Å². The molecule has 0 unspecified atom stereocenters. The molecule has 0 aliphatic heterocycles. The Morgan fingerprint density at radius 1 is 0.870 bits per heavy atom. The number of rotatable bonds is 16. The number of aliphatic carboxylic acids is 2. The van der Waals surface area contributed by atoms with Crippen LogP contribution >= 0.6 is 0 Å². The number of aliphatic imine (C=N–C) groups is 1. The summed E-state index contributed by atoms with van der Waals surface area (Å²) in [6.45, 7) is 2.00. The van der Waals surface area contributed by atoms with E-state index in [-0.39, 0.29) is 18.1 Å². The summed E-state index contributed by atoms with van der Waals surface area (Å²) in [5.41, 5.74) is 16.7. The number of unbranched alkanes of at least 4 members (excludes halogenated alkanes) is 3. The molecule has 10 N–H and O–H groups in total. The van der Waals surface area contributed by atoms with Crippen molar-refractivity contribution in [2.24, 2.45) is 27.3 Å². The summed E-state index contributed by atoms with van der Waals surface area (Å²) in [4.78, 5) is 34.1. The molecule has 0 heterocycles. The highest BCUT2D eigenvalue weighted by Crippen LogP contribution is 2.38. The number of hydrogen-bond acceptors (Lipinski definition) is 10. The van der Waals surface area contributed by atoms with Crippen LogP contribution in [0.15, 0.2) is 22.3 Å². The first kappa shape index (κ1) is 43.4. The highest BCUT2D eigenvalue weighted by molar-refractivity contribution is 6.39. The van der Waals surface area contributed by atoms with E-state index >= 15 is 0 Å². The van der Waals surface area contributed by atoms with Crippen LogP contribution in [0.2, 0.25) is 0 Å². The number of carboxylic acid groups (broad SMARTS) is 2. The van der Waals surface area contributed by atoms with Crippen molar-refractivity contribution in [2.45, 2.75) is 50.9 Å². The number of guanidine groups is 1. The average molecular weight is 681 g/mol. The fourth-order valence-electron chi connectivity index (χ4n) is 2.89. The fraction of sp³-hybridized carbons (Fsp3) is 0.560. The zero-order chi connectivity index (χ0) is 35.9. The van der Waals surface area contributed by atoms with Crippen LogP contribution < -0.4 is 36.7 Å². The maximum absolute atomic E-state index is 12.4. The molecular weight excluding hydrogens is 642 g/mol. The standard InChI is InChI=1S/C21H36N6O5.2C2HF3O2/c1-30-17-13-15(14-18(31-2)19(17)32-11-7-8-22)12-16(27-29)20(28)25-9-5-3-4-6-10-26-21(23)24;2*3-2(4,5)1(6)7/h13-14,29H,3-12,22H2,1-2H3,(H,25,28)(H4,23,24,26);2*(H,6,7)/b27-16+;;. The van der Waals surface area contributed by atoms with Crippen LogP contribution in [0.5, 0.6) is 17.2 Å². The predicted molar refractivity (Wildman–Crippen MR) is 151 cm³/mol. The number of carbonyl (C=O) groups excluding carboxylic acids is 1. The minimum atomic E-state index is -5.08. The van der Waals surface area contributed by atoms with Gasteiger partial charge in [-0.1, -0.05) is 18.0 Å². The van der Waals surface area contributed by atoms with E-state index in [2.05, 4.69) is 15.5 Å². The lowest BCUT2D eigenvalue weighted by Crippen LogP contribution is -2.33. The lowest BCUT2D eigenvalue weighted by Gasteiger charge is -2.16. The third kappa shape index (κ3) is 20.3. The van der Waals surface area contributed by atoms with Crippen molar-refractivity contribution in [3.05, 3.63) is 17.7 Å². The number of nitrogens with one attached hydrogen (secondary N) is 1. The van der Waals surface area contributed by atoms with Crippen LogP contribution in [0.4, 0.5) is 26.3 Å². The maximum Gasteiger partial charge on any atom is 0.490 e. The van der Waals surface area contributed by atoms with Crippen molar-refractivity contribution < 1.29 is 70.4 Å². The lowest BCUT2D eigenvalue weighted by molar-refractivity contribution is -0.193. The molecule has 0 aliphatic rings. The van der Waals surface area contributed by atoms with E-state index < -0.39 is 30.2 Å². The van der Waals surface area contributed by atoms with E-state index in [1.807, 2.05) is 0 Å². The van der Waals surface area contributed by atoms with Gasteiger partial charge in [-0.05, 0) is 43.5 Å². The molecule has 0 saturated carbocycles. The molecule has 0 fully saturated rings. The third-order valence-electron chi connectivity index (χ3n) is 5.02. The van der Waals surface area contributed by atoms with Gasteiger partial charge in [0.1, 0.15) is 5.71 Å². The van der Waals surface area contributed by atoms with Crippen molar-refractivity contribution >= 4 is 29.5 Å². The number of ether oxygens (including phenoxy) is 3. The van der Waals surface area contributed by atoms with Gasteiger partial charge in [-0.25, -0.2) is 9.59 Å². The molecule has 264 valence electrons. The van der Waals surface area contributed by atoms with Gasteiger partial charge in [-0.3, -0.25) is 9.79 Å². The first-order valence-electron chi connectivity index (χ1n) is 13.1. The summed E-state index contributed by atoms with van der Waals surface area (Å²) >= 11 is 0. The number of amides is 1. The fourth-order valence-corrected chi connectivity index (χ4v) is 2.89. The number of alkyl halides is 6. The number of oxime groups is 1. The second-order valence-corrected chi connectivity index (χ2v) is 8.63. The van der Waals surface area contributed by atoms with Crippen LogP contribution in [0.3, 0.4) is 0 Å². The second kappa shape index (κ2) is 22.8. The molecule has 0 bridgehead atoms. The molecule has 1 aromatic rings. The molecule has 0 saturated heterocycles. The topological polar surface area (TPSA) is 254 Å². The first-order chi connectivity index (χ1) is 21.3. The monoisotopic (exact) mass is 680 g/mol. The van der Waals surface area contributed by atoms with Crippen LogP contribution in [0.25, 0.3) is 0 Å². The largest absolute Gasteiger partial charge is 0.493 e. The molecule has 0 aliphatic carbocycles. The zero-order valence-corrected chi connectivity index (χ0v) is 24.9. The number of nitrogens with two attached hydrogens (primary N) is 3. The van der Waals surface area contributed by atoms with Crippen LogP contribution in [-0.2, 0) is 20.8 Å². The van der Waals surface area contributed by atoms with Crippen molar-refractivity contribution in [3.63, 3.8) is 0 Å². The van der Waals surface area contributed by atoms with Gasteiger partial charge in [-0.15, -0.1) is 0 Å². The Labute approximate surface area is 259 Å². The van der Waals surface area contributed by atoms with E-state index in [0.717, 1.165) is 25.7 Å². The van der Waals surface area contributed by atoms with Crippen molar-refractivity contribution in [3.8, 4) is 17.2 Å². The van der Waals surface area contributed by atoms with Crippen molar-refractivity contribution in [1.29, 1.82) is 0 Å². The highest BCUT2D eigenvalue weighted by atomic mass is 19.4. The van der Waals surface area contributed by atoms with Crippen LogP contribution in [0, 0.1) is 0 Å². The summed E-state index contributed by atoms with van der Waals surface area (Å²) in [6.07, 6.45) is -5.84. The van der Waals surface area contributed by atoms with E-state index in [9.17, 15) is 36.3 Å². The molecular formula is C25H38F6N6O9. The summed E-state index contributed by atoms with van der Waals surface area (Å²) in [6, 6.07) is 3.44. The molecule has 0 aromatic heterocycles. The summed E-state index contributed by atoms with van der Waals surface area (Å²) < 4.78 is 80.0. The number of hydrogen-bond donors (Lipinski definition) is 7. The summed E-state index contributed by atoms with van der Waals surface area (Å²) in [7, 11) is 3.03. The van der Waals surface area contributed by atoms with Gasteiger partial charge in [-0.2, -0.15) is 26.3 Å². The van der Waals surface area contributed by atoms with Gasteiger partial charge in [0.2, 0.25) is 5.75 Å². The molecule has 0 radical (unpaired) electrons. The Kier molecular flexibility index (Phi) is 21.5. The minimum Gasteiger partial charge on any atom is -0.493 e. The molecule has 46 heavy (non-hydrogen) atoms. The molecule has 15 nitrogen and oxygen atoms in total. The highest BCUT2D eigenvalue weighted by Gasteiger charge is 2.38. The second-order valence-electron chi connectivity index (χ2n) is 8.63. The minimum absolute atomic E-state index is 0.0151. The number of carbonyl (C=O) groups is 3. The van der Waals surface area contributed by atoms with E-state index in [0.29, 0.717) is 55.5 Å². The number of nitrogens with zero attached hydrogens (tertiary/aromatic N) is 2. The third-order valence-corrected chi connectivity index (χ3v) is 5.02. The van der Waals surface area contributed by atoms with Crippen molar-refractivity contribution in [1.82, 2.24) is 5.32 Å². The lowest BCUT2D eigenvalue weighted by atomic mass is 10.1. The first-order valence-corrected chi connectivity index (χ1v) is 13.1. The maximum atomic E-state index is 12.4. The van der Waals surface area contributed by atoms with E-state index in [1.54, 1.807) is 12.1 Å². The van der Waals surface area contributed by atoms with Gasteiger partial charge < -0.3 is 52.1 Å². The zero-order valence-electron chi connectivity index (χ0n) is 24.9. The number of benzene rings is 1. The summed E-state index contributed by atoms with van der Waals surface area (Å²) in [5, 5.41) is 29.5. The molecule has 1 rings (SSSR count). The van der Waals surface area contributed by atoms with Gasteiger partial charge >= 0.3 is 24.3 Å².